The van der Waals surface area contributed by atoms with E-state index in [1.807, 2.05) is 19.9 Å². The van der Waals surface area contributed by atoms with Crippen molar-refractivity contribution in [3.63, 3.8) is 0 Å². The highest BCUT2D eigenvalue weighted by atomic mass is 16.3. The highest BCUT2D eigenvalue weighted by molar-refractivity contribution is 5.05. The first-order valence-electron chi connectivity index (χ1n) is 8.16. The Hall–Kier alpha value is -1.08. The molecule has 21 heavy (non-hydrogen) atoms. The highest BCUT2D eigenvalue weighted by Gasteiger charge is 2.05. The Labute approximate surface area is 133 Å². The Morgan fingerprint density at radius 3 is 1.76 bits per heavy atom. The van der Waals surface area contributed by atoms with Gasteiger partial charge in [0.25, 0.3) is 0 Å². The summed E-state index contributed by atoms with van der Waals surface area (Å²) in [6.07, 6.45) is 16.4. The molecule has 0 aromatic carbocycles. The largest absolute Gasteiger partial charge is 0.389 e. The van der Waals surface area contributed by atoms with Crippen LogP contribution in [0.15, 0.2) is 48.6 Å². The van der Waals surface area contributed by atoms with Crippen LogP contribution < -0.4 is 0 Å². The van der Waals surface area contributed by atoms with Crippen molar-refractivity contribution in [2.75, 3.05) is 0 Å². The molecule has 2 aliphatic carbocycles. The van der Waals surface area contributed by atoms with E-state index < -0.39 is 0 Å². The van der Waals surface area contributed by atoms with Crippen molar-refractivity contribution < 1.29 is 5.11 Å². The van der Waals surface area contributed by atoms with Crippen LogP contribution in [0.4, 0.5) is 0 Å². The zero-order valence-corrected chi connectivity index (χ0v) is 14.7. The van der Waals surface area contributed by atoms with Crippen molar-refractivity contribution in [2.24, 2.45) is 0 Å². The fourth-order valence-corrected chi connectivity index (χ4v) is 2.08. The zero-order valence-electron chi connectivity index (χ0n) is 14.7. The second-order valence-corrected chi connectivity index (χ2v) is 5.59. The van der Waals surface area contributed by atoms with Crippen molar-refractivity contribution >= 4 is 0 Å². The normalized spacial score (nSPS) is 19.8. The van der Waals surface area contributed by atoms with Crippen LogP contribution in [0.1, 0.15) is 72.6 Å². The van der Waals surface area contributed by atoms with Gasteiger partial charge in [-0.2, -0.15) is 0 Å². The van der Waals surface area contributed by atoms with Crippen LogP contribution in [-0.2, 0) is 0 Å². The van der Waals surface area contributed by atoms with Gasteiger partial charge in [0.2, 0.25) is 0 Å². The molecule has 1 N–H and O–H groups in total. The molecule has 1 atom stereocenters. The minimum absolute atomic E-state index is 0.149. The lowest BCUT2D eigenvalue weighted by Gasteiger charge is -2.12. The third kappa shape index (κ3) is 18.9. The molecule has 0 heterocycles. The summed E-state index contributed by atoms with van der Waals surface area (Å²) in [4.78, 5) is 0. The van der Waals surface area contributed by atoms with Gasteiger partial charge in [-0.05, 0) is 72.6 Å². The lowest BCUT2D eigenvalue weighted by Crippen LogP contribution is -2.07. The van der Waals surface area contributed by atoms with Crippen molar-refractivity contribution in [2.45, 2.75) is 78.7 Å². The number of hydrogen-bond donors (Lipinski definition) is 1. The van der Waals surface area contributed by atoms with Gasteiger partial charge < -0.3 is 5.11 Å². The molecular formula is C20H36O. The van der Waals surface area contributed by atoms with Crippen LogP contribution in [0.2, 0.25) is 0 Å². The molecule has 0 aromatic heterocycles. The maximum atomic E-state index is 9.00. The van der Waals surface area contributed by atoms with E-state index in [1.165, 1.54) is 37.7 Å². The smallest absolute Gasteiger partial charge is 0.0723 e. The Morgan fingerprint density at radius 1 is 1.00 bits per heavy atom. The first-order valence-corrected chi connectivity index (χ1v) is 8.16. The molecule has 2 aliphatic rings. The van der Waals surface area contributed by atoms with Crippen molar-refractivity contribution in [3.8, 4) is 0 Å². The molecule has 0 fully saturated rings. The van der Waals surface area contributed by atoms with Gasteiger partial charge >= 0.3 is 0 Å². The van der Waals surface area contributed by atoms with Crippen LogP contribution in [0.5, 0.6) is 0 Å². The minimum atomic E-state index is -0.149. The summed E-state index contributed by atoms with van der Waals surface area (Å²) in [6.45, 7) is 14.8. The van der Waals surface area contributed by atoms with E-state index in [2.05, 4.69) is 33.1 Å². The second kappa shape index (κ2) is 17.0. The summed E-state index contributed by atoms with van der Waals surface area (Å²) in [7, 11) is 0. The molecule has 0 radical (unpaired) electrons. The number of rotatable bonds is 0. The Balaban J connectivity index is 0. The molecule has 0 bridgehead atoms. The van der Waals surface area contributed by atoms with Gasteiger partial charge in [-0.3, -0.25) is 0 Å². The van der Waals surface area contributed by atoms with Gasteiger partial charge in [0.05, 0.1) is 6.10 Å². The standard InChI is InChI=1S/C7H12O.C7H12.2C3H6/c1-6-3-2-4-7(8)5-6;1-7-5-3-2-4-6-7;2*1-3-2/h5,7-8H,2-4H2,1H3;5H,2-4,6H2,1H3;2*3H,1H2,2H3. The van der Waals surface area contributed by atoms with Crippen LogP contribution >= 0.6 is 0 Å². The molecule has 1 nitrogen and oxygen atoms in total. The first-order chi connectivity index (χ1) is 10.0. The van der Waals surface area contributed by atoms with Gasteiger partial charge in [0.1, 0.15) is 0 Å². The summed E-state index contributed by atoms with van der Waals surface area (Å²) >= 11 is 0. The molecule has 0 amide bonds. The summed E-state index contributed by atoms with van der Waals surface area (Å²) < 4.78 is 0. The molecule has 1 unspecified atom stereocenters. The number of allylic oxidation sites excluding steroid dienone is 5. The fourth-order valence-electron chi connectivity index (χ4n) is 2.08. The second-order valence-electron chi connectivity index (χ2n) is 5.59. The number of aliphatic hydroxyl groups is 1. The van der Waals surface area contributed by atoms with E-state index in [0.29, 0.717) is 0 Å². The van der Waals surface area contributed by atoms with Crippen molar-refractivity contribution in [1.29, 1.82) is 0 Å². The lowest BCUT2D eigenvalue weighted by atomic mass is 9.99. The van der Waals surface area contributed by atoms with E-state index in [9.17, 15) is 0 Å². The SMILES string of the molecule is C=CC.C=CC.CC1=CC(O)CCC1.CC1=CCCCC1. The van der Waals surface area contributed by atoms with Crippen LogP contribution in [-0.4, -0.2) is 11.2 Å². The average molecular weight is 293 g/mol. The summed E-state index contributed by atoms with van der Waals surface area (Å²) in [5.41, 5.74) is 2.93. The topological polar surface area (TPSA) is 20.2 Å². The fraction of sp³-hybridized carbons (Fsp3) is 0.600. The lowest BCUT2D eigenvalue weighted by molar-refractivity contribution is 0.202. The molecule has 2 rings (SSSR count). The molecule has 0 saturated heterocycles. The van der Waals surface area contributed by atoms with E-state index in [0.717, 1.165) is 12.8 Å². The number of hydrogen-bond acceptors (Lipinski definition) is 1. The molecule has 0 saturated carbocycles. The molecule has 0 aromatic rings. The average Bonchev–Trinajstić information content (AvgIpc) is 2.42. The zero-order chi connectivity index (χ0) is 16.5. The van der Waals surface area contributed by atoms with E-state index in [-0.39, 0.29) is 6.10 Å². The van der Waals surface area contributed by atoms with E-state index in [4.69, 9.17) is 5.11 Å². The molecular weight excluding hydrogens is 256 g/mol. The van der Waals surface area contributed by atoms with Crippen LogP contribution in [0.3, 0.4) is 0 Å². The summed E-state index contributed by atoms with van der Waals surface area (Å²) in [6, 6.07) is 0. The van der Waals surface area contributed by atoms with Crippen LogP contribution in [0.25, 0.3) is 0 Å². The molecule has 0 aliphatic heterocycles. The summed E-state index contributed by atoms with van der Waals surface area (Å²) in [5, 5.41) is 9.00. The predicted molar refractivity (Wildman–Crippen MR) is 97.6 cm³/mol. The van der Waals surface area contributed by atoms with Crippen LogP contribution in [0, 0.1) is 0 Å². The van der Waals surface area contributed by atoms with Gasteiger partial charge in [-0.1, -0.05) is 35.5 Å². The molecule has 1 heteroatoms. The Kier molecular flexibility index (Phi) is 17.9. The van der Waals surface area contributed by atoms with E-state index in [1.54, 1.807) is 17.7 Å². The maximum Gasteiger partial charge on any atom is 0.0723 e. The van der Waals surface area contributed by atoms with Gasteiger partial charge in [-0.25, -0.2) is 0 Å². The van der Waals surface area contributed by atoms with Gasteiger partial charge in [0, 0.05) is 0 Å². The Morgan fingerprint density at radius 2 is 1.52 bits per heavy atom. The highest BCUT2D eigenvalue weighted by Crippen LogP contribution is 2.16. The third-order valence-corrected chi connectivity index (χ3v) is 3.07. The Bertz CT molecular complexity index is 304. The maximum absolute atomic E-state index is 9.00. The third-order valence-electron chi connectivity index (χ3n) is 3.07. The predicted octanol–water partition coefficient (Wildman–Crippen LogP) is 6.37. The quantitative estimate of drug-likeness (QED) is 0.514. The van der Waals surface area contributed by atoms with Gasteiger partial charge in [-0.15, -0.1) is 13.2 Å². The van der Waals surface area contributed by atoms with Crippen molar-refractivity contribution in [1.82, 2.24) is 0 Å². The minimum Gasteiger partial charge on any atom is -0.389 e. The monoisotopic (exact) mass is 292 g/mol. The van der Waals surface area contributed by atoms with Crippen molar-refractivity contribution in [3.05, 3.63) is 48.6 Å². The van der Waals surface area contributed by atoms with Gasteiger partial charge in [0.15, 0.2) is 0 Å². The molecule has 122 valence electrons. The number of aliphatic hydroxyl groups excluding tert-OH is 1. The first kappa shape index (κ1) is 22.2. The summed E-state index contributed by atoms with van der Waals surface area (Å²) in [5.74, 6) is 0. The molecule has 0 spiro atoms. The van der Waals surface area contributed by atoms with E-state index >= 15 is 0 Å².